The van der Waals surface area contributed by atoms with Crippen molar-refractivity contribution in [2.75, 3.05) is 18.4 Å². The van der Waals surface area contributed by atoms with Crippen molar-refractivity contribution in [3.05, 3.63) is 51.2 Å². The molecule has 0 aliphatic carbocycles. The SMILES string of the molecule is Cl.O=C(NC1CCNCC1)c1ccc(Cl)c(NC(=O)c2cccs2)c1. The molecule has 1 saturated heterocycles. The van der Waals surface area contributed by atoms with Gasteiger partial charge in [-0.3, -0.25) is 9.59 Å². The Hall–Kier alpha value is -1.60. The number of carbonyl (C=O) groups is 2. The average Bonchev–Trinajstić information content (AvgIpc) is 3.12. The number of halogens is 2. The molecular weight excluding hydrogens is 381 g/mol. The number of hydrogen-bond acceptors (Lipinski definition) is 4. The van der Waals surface area contributed by atoms with E-state index in [1.807, 2.05) is 11.4 Å². The lowest BCUT2D eigenvalue weighted by atomic mass is 10.1. The molecule has 2 amide bonds. The van der Waals surface area contributed by atoms with E-state index in [9.17, 15) is 9.59 Å². The summed E-state index contributed by atoms with van der Waals surface area (Å²) < 4.78 is 0. The smallest absolute Gasteiger partial charge is 0.265 e. The van der Waals surface area contributed by atoms with Gasteiger partial charge < -0.3 is 16.0 Å². The second-order valence-electron chi connectivity index (χ2n) is 5.62. The number of amides is 2. The molecule has 0 atom stereocenters. The summed E-state index contributed by atoms with van der Waals surface area (Å²) >= 11 is 7.50. The zero-order valence-electron chi connectivity index (χ0n) is 13.4. The summed E-state index contributed by atoms with van der Waals surface area (Å²) in [5.74, 6) is -0.381. The van der Waals surface area contributed by atoms with Gasteiger partial charge in [-0.2, -0.15) is 0 Å². The number of thiophene rings is 1. The van der Waals surface area contributed by atoms with E-state index >= 15 is 0 Å². The Morgan fingerprint density at radius 3 is 2.60 bits per heavy atom. The highest BCUT2D eigenvalue weighted by Crippen LogP contribution is 2.24. The second kappa shape index (κ2) is 9.20. The van der Waals surface area contributed by atoms with Crippen molar-refractivity contribution < 1.29 is 9.59 Å². The lowest BCUT2D eigenvalue weighted by Gasteiger charge is -2.23. The van der Waals surface area contributed by atoms with E-state index < -0.39 is 0 Å². The van der Waals surface area contributed by atoms with E-state index in [-0.39, 0.29) is 30.3 Å². The molecule has 0 radical (unpaired) electrons. The molecular formula is C17H19Cl2N3O2S. The molecule has 134 valence electrons. The monoisotopic (exact) mass is 399 g/mol. The summed E-state index contributed by atoms with van der Waals surface area (Å²) in [4.78, 5) is 25.2. The van der Waals surface area contributed by atoms with E-state index in [4.69, 9.17) is 11.6 Å². The molecule has 0 unspecified atom stereocenters. The zero-order valence-corrected chi connectivity index (χ0v) is 15.8. The average molecular weight is 400 g/mol. The minimum Gasteiger partial charge on any atom is -0.349 e. The number of rotatable bonds is 4. The predicted molar refractivity (Wildman–Crippen MR) is 104 cm³/mol. The third-order valence-corrected chi connectivity index (χ3v) is 5.09. The summed E-state index contributed by atoms with van der Waals surface area (Å²) in [5.41, 5.74) is 0.924. The Morgan fingerprint density at radius 2 is 1.92 bits per heavy atom. The number of nitrogens with one attached hydrogen (secondary N) is 3. The molecule has 1 aliphatic rings. The summed E-state index contributed by atoms with van der Waals surface area (Å²) in [7, 11) is 0. The molecule has 25 heavy (non-hydrogen) atoms. The first-order chi connectivity index (χ1) is 11.6. The molecule has 1 aromatic heterocycles. The van der Waals surface area contributed by atoms with Crippen LogP contribution in [0.5, 0.6) is 0 Å². The van der Waals surface area contributed by atoms with Gasteiger partial charge in [0.2, 0.25) is 0 Å². The van der Waals surface area contributed by atoms with Crippen LogP contribution in [0.15, 0.2) is 35.7 Å². The molecule has 1 aromatic carbocycles. The number of hydrogen-bond donors (Lipinski definition) is 3. The first-order valence-electron chi connectivity index (χ1n) is 7.79. The topological polar surface area (TPSA) is 70.2 Å². The minimum absolute atomic E-state index is 0. The fourth-order valence-electron chi connectivity index (χ4n) is 2.59. The number of benzene rings is 1. The first-order valence-corrected chi connectivity index (χ1v) is 9.05. The van der Waals surface area contributed by atoms with Gasteiger partial charge in [0.25, 0.3) is 11.8 Å². The maximum atomic E-state index is 12.4. The molecule has 2 aromatic rings. The number of anilines is 1. The Balaban J connectivity index is 0.00000225. The van der Waals surface area contributed by atoms with Gasteiger partial charge in [-0.15, -0.1) is 23.7 Å². The quantitative estimate of drug-likeness (QED) is 0.735. The van der Waals surface area contributed by atoms with Gasteiger partial charge in [0.15, 0.2) is 0 Å². The molecule has 0 saturated carbocycles. The molecule has 8 heteroatoms. The molecule has 3 N–H and O–H groups in total. The predicted octanol–water partition coefficient (Wildman–Crippen LogP) is 3.56. The maximum absolute atomic E-state index is 12.4. The van der Waals surface area contributed by atoms with E-state index in [1.165, 1.54) is 11.3 Å². The Bertz CT molecular complexity index is 731. The standard InChI is InChI=1S/C17H18ClN3O2S.ClH/c18-13-4-3-11(16(22)20-12-5-7-19-8-6-12)10-14(13)21-17(23)15-2-1-9-24-15;/h1-4,9-10,12,19H,5-8H2,(H,20,22)(H,21,23);1H. The Labute approximate surface area is 161 Å². The van der Waals surface area contributed by atoms with Crippen molar-refractivity contribution in [3.8, 4) is 0 Å². The molecule has 2 heterocycles. The van der Waals surface area contributed by atoms with E-state index in [0.29, 0.717) is 21.2 Å². The van der Waals surface area contributed by atoms with E-state index in [2.05, 4.69) is 16.0 Å². The van der Waals surface area contributed by atoms with Crippen molar-refractivity contribution in [1.29, 1.82) is 0 Å². The number of piperidine rings is 1. The van der Waals surface area contributed by atoms with E-state index in [0.717, 1.165) is 25.9 Å². The highest BCUT2D eigenvalue weighted by atomic mass is 35.5. The van der Waals surface area contributed by atoms with Gasteiger partial charge in [-0.25, -0.2) is 0 Å². The molecule has 0 bridgehead atoms. The van der Waals surface area contributed by atoms with Crippen LogP contribution in [0.3, 0.4) is 0 Å². The second-order valence-corrected chi connectivity index (χ2v) is 6.98. The molecule has 5 nitrogen and oxygen atoms in total. The van der Waals surface area contributed by atoms with Crippen LogP contribution in [0.4, 0.5) is 5.69 Å². The van der Waals surface area contributed by atoms with Crippen LogP contribution in [0.2, 0.25) is 5.02 Å². The van der Waals surface area contributed by atoms with Crippen molar-refractivity contribution in [3.63, 3.8) is 0 Å². The maximum Gasteiger partial charge on any atom is 0.265 e. The Morgan fingerprint density at radius 1 is 1.16 bits per heavy atom. The lowest BCUT2D eigenvalue weighted by molar-refractivity contribution is 0.0928. The first kappa shape index (κ1) is 19.7. The van der Waals surface area contributed by atoms with Crippen molar-refractivity contribution >= 4 is 52.8 Å². The highest BCUT2D eigenvalue weighted by molar-refractivity contribution is 7.12. The van der Waals surface area contributed by atoms with Gasteiger partial charge >= 0.3 is 0 Å². The van der Waals surface area contributed by atoms with Gasteiger partial charge in [0.05, 0.1) is 15.6 Å². The normalized spacial score (nSPS) is 14.4. The van der Waals surface area contributed by atoms with Crippen LogP contribution in [0, 0.1) is 0 Å². The van der Waals surface area contributed by atoms with Crippen LogP contribution in [0.25, 0.3) is 0 Å². The highest BCUT2D eigenvalue weighted by Gasteiger charge is 2.18. The van der Waals surface area contributed by atoms with Gasteiger partial charge in [0.1, 0.15) is 0 Å². The molecule has 0 spiro atoms. The van der Waals surface area contributed by atoms with Crippen molar-refractivity contribution in [1.82, 2.24) is 10.6 Å². The van der Waals surface area contributed by atoms with E-state index in [1.54, 1.807) is 24.3 Å². The van der Waals surface area contributed by atoms with Gasteiger partial charge in [-0.05, 0) is 55.6 Å². The van der Waals surface area contributed by atoms with Crippen LogP contribution in [-0.2, 0) is 0 Å². The lowest BCUT2D eigenvalue weighted by Crippen LogP contribution is -2.42. The molecule has 3 rings (SSSR count). The summed E-state index contributed by atoms with van der Waals surface area (Å²) in [6.45, 7) is 1.82. The fraction of sp³-hybridized carbons (Fsp3) is 0.294. The van der Waals surface area contributed by atoms with Crippen LogP contribution in [0.1, 0.15) is 32.9 Å². The minimum atomic E-state index is -0.234. The fourth-order valence-corrected chi connectivity index (χ4v) is 3.37. The summed E-state index contributed by atoms with van der Waals surface area (Å²) in [5, 5.41) is 11.3. The Kier molecular flexibility index (Phi) is 7.25. The summed E-state index contributed by atoms with van der Waals surface area (Å²) in [6, 6.07) is 8.64. The summed E-state index contributed by atoms with van der Waals surface area (Å²) in [6.07, 6.45) is 1.84. The third-order valence-electron chi connectivity index (χ3n) is 3.90. The third kappa shape index (κ3) is 5.19. The number of carbonyl (C=O) groups excluding carboxylic acids is 2. The molecule has 1 aliphatic heterocycles. The van der Waals surface area contributed by atoms with Crippen molar-refractivity contribution in [2.24, 2.45) is 0 Å². The van der Waals surface area contributed by atoms with Crippen LogP contribution >= 0.6 is 35.3 Å². The van der Waals surface area contributed by atoms with Crippen LogP contribution in [-0.4, -0.2) is 30.9 Å². The van der Waals surface area contributed by atoms with Gasteiger partial charge in [0, 0.05) is 11.6 Å². The largest absolute Gasteiger partial charge is 0.349 e. The zero-order chi connectivity index (χ0) is 16.9. The van der Waals surface area contributed by atoms with Gasteiger partial charge in [-0.1, -0.05) is 17.7 Å². The van der Waals surface area contributed by atoms with Crippen LogP contribution < -0.4 is 16.0 Å². The van der Waals surface area contributed by atoms with Crippen molar-refractivity contribution in [2.45, 2.75) is 18.9 Å². The molecule has 1 fully saturated rings.